The number of para-hydroxylation sites is 3. The maximum absolute atomic E-state index is 13.4. The van der Waals surface area contributed by atoms with Gasteiger partial charge in [0.2, 0.25) is 5.91 Å². The predicted octanol–water partition coefficient (Wildman–Crippen LogP) is 4.82. The van der Waals surface area contributed by atoms with E-state index in [1.54, 1.807) is 54.6 Å². The minimum absolute atomic E-state index is 0.187. The number of halogens is 1. The first-order valence-electron chi connectivity index (χ1n) is 9.89. The van der Waals surface area contributed by atoms with Gasteiger partial charge in [0.15, 0.2) is 5.75 Å². The minimum Gasteiger partial charge on any atom is -0.455 e. The molecule has 0 bridgehead atoms. The highest BCUT2D eigenvalue weighted by atomic mass is 19.1. The van der Waals surface area contributed by atoms with Crippen molar-refractivity contribution in [3.05, 3.63) is 94.8 Å². The van der Waals surface area contributed by atoms with Crippen LogP contribution in [0.4, 0.5) is 10.1 Å². The number of anilines is 1. The Hall–Kier alpha value is -4.00. The van der Waals surface area contributed by atoms with E-state index in [0.29, 0.717) is 46.8 Å². The number of nitrogens with one attached hydrogen (secondary N) is 2. The highest BCUT2D eigenvalue weighted by molar-refractivity contribution is 5.92. The number of H-pyrrole nitrogens is 1. The summed E-state index contributed by atoms with van der Waals surface area (Å²) >= 11 is 0. The highest BCUT2D eigenvalue weighted by Crippen LogP contribution is 2.29. The van der Waals surface area contributed by atoms with E-state index in [2.05, 4.69) is 15.3 Å². The van der Waals surface area contributed by atoms with Crippen molar-refractivity contribution < 1.29 is 13.9 Å². The van der Waals surface area contributed by atoms with Crippen LogP contribution in [0.2, 0.25) is 0 Å². The Morgan fingerprint density at radius 1 is 1.03 bits per heavy atom. The number of ether oxygens (including phenoxy) is 1. The third-order valence-electron chi connectivity index (χ3n) is 4.66. The zero-order chi connectivity index (χ0) is 21.6. The van der Waals surface area contributed by atoms with Crippen LogP contribution in [0.3, 0.4) is 0 Å². The van der Waals surface area contributed by atoms with Gasteiger partial charge >= 0.3 is 0 Å². The predicted molar refractivity (Wildman–Crippen MR) is 117 cm³/mol. The van der Waals surface area contributed by atoms with Gasteiger partial charge in [-0.25, -0.2) is 9.37 Å². The van der Waals surface area contributed by atoms with Gasteiger partial charge in [-0.05, 0) is 42.8 Å². The lowest BCUT2D eigenvalue weighted by atomic mass is 10.2. The molecule has 0 radical (unpaired) electrons. The van der Waals surface area contributed by atoms with E-state index >= 15 is 0 Å². The first kappa shape index (κ1) is 20.3. The van der Waals surface area contributed by atoms with Crippen molar-refractivity contribution in [2.24, 2.45) is 0 Å². The van der Waals surface area contributed by atoms with E-state index in [0.717, 1.165) is 0 Å². The zero-order valence-electron chi connectivity index (χ0n) is 16.6. The van der Waals surface area contributed by atoms with E-state index in [9.17, 15) is 14.0 Å². The van der Waals surface area contributed by atoms with Gasteiger partial charge in [0, 0.05) is 18.9 Å². The summed E-state index contributed by atoms with van der Waals surface area (Å²) in [6.45, 7) is 0. The summed E-state index contributed by atoms with van der Waals surface area (Å²) in [5, 5.41) is 3.36. The largest absolute Gasteiger partial charge is 0.455 e. The fourth-order valence-electron chi connectivity index (χ4n) is 3.20. The Labute approximate surface area is 177 Å². The van der Waals surface area contributed by atoms with Gasteiger partial charge < -0.3 is 15.0 Å². The van der Waals surface area contributed by atoms with Crippen molar-refractivity contribution in [2.45, 2.75) is 19.3 Å². The first-order chi connectivity index (χ1) is 15.1. The lowest BCUT2D eigenvalue weighted by Crippen LogP contribution is -2.14. The Morgan fingerprint density at radius 3 is 2.71 bits per heavy atom. The summed E-state index contributed by atoms with van der Waals surface area (Å²) in [5.74, 6) is 0.708. The number of nitrogens with zero attached hydrogens (tertiary/aromatic N) is 1. The molecule has 1 amide bonds. The molecule has 0 saturated heterocycles. The quantitative estimate of drug-likeness (QED) is 0.452. The number of aromatic nitrogens is 2. The number of hydrogen-bond donors (Lipinski definition) is 2. The van der Waals surface area contributed by atoms with Crippen LogP contribution < -0.4 is 15.6 Å². The smallest absolute Gasteiger partial charge is 0.258 e. The Balaban J connectivity index is 1.37. The van der Waals surface area contributed by atoms with Crippen LogP contribution in [0.5, 0.6) is 11.5 Å². The number of hydrogen-bond acceptors (Lipinski definition) is 4. The summed E-state index contributed by atoms with van der Waals surface area (Å²) in [5.41, 5.74) is 0.941. The number of amides is 1. The molecular weight excluding hydrogens is 397 g/mol. The number of aryl methyl sites for hydroxylation is 1. The molecule has 4 aromatic rings. The van der Waals surface area contributed by atoms with Crippen LogP contribution in [0.15, 0.2) is 77.6 Å². The van der Waals surface area contributed by atoms with E-state index in [1.807, 2.05) is 6.07 Å². The van der Waals surface area contributed by atoms with E-state index in [-0.39, 0.29) is 17.9 Å². The van der Waals surface area contributed by atoms with Gasteiger partial charge in [-0.1, -0.05) is 30.3 Å². The molecule has 4 rings (SSSR count). The van der Waals surface area contributed by atoms with E-state index in [1.165, 1.54) is 12.1 Å². The molecule has 0 aliphatic carbocycles. The molecule has 0 fully saturated rings. The zero-order valence-corrected chi connectivity index (χ0v) is 16.6. The maximum atomic E-state index is 13.4. The van der Waals surface area contributed by atoms with Crippen LogP contribution in [-0.4, -0.2) is 15.9 Å². The molecule has 31 heavy (non-hydrogen) atoms. The molecule has 1 heterocycles. The molecule has 0 aliphatic heterocycles. The third kappa shape index (κ3) is 5.14. The van der Waals surface area contributed by atoms with Crippen molar-refractivity contribution in [1.29, 1.82) is 0 Å². The molecule has 7 heteroatoms. The van der Waals surface area contributed by atoms with Gasteiger partial charge in [-0.2, -0.15) is 0 Å². The number of rotatable bonds is 7. The number of carbonyl (C=O) groups excluding carboxylic acids is 1. The number of aromatic amines is 1. The minimum atomic E-state index is -0.403. The van der Waals surface area contributed by atoms with Crippen LogP contribution in [0.1, 0.15) is 18.7 Å². The van der Waals surface area contributed by atoms with Crippen molar-refractivity contribution in [3.63, 3.8) is 0 Å². The molecule has 0 atom stereocenters. The lowest BCUT2D eigenvalue weighted by Gasteiger charge is -2.12. The summed E-state index contributed by atoms with van der Waals surface area (Å²) < 4.78 is 19.1. The molecule has 156 valence electrons. The molecule has 0 aliphatic rings. The monoisotopic (exact) mass is 417 g/mol. The Kier molecular flexibility index (Phi) is 6.03. The van der Waals surface area contributed by atoms with Gasteiger partial charge in [-0.15, -0.1) is 0 Å². The van der Waals surface area contributed by atoms with Crippen LogP contribution in [-0.2, 0) is 11.2 Å². The van der Waals surface area contributed by atoms with E-state index < -0.39 is 5.82 Å². The standard InChI is InChI=1S/C24H20FN3O3/c25-16-7-5-8-17(15-16)31-21-12-4-3-11-20(21)27-23(29)14-6-13-22-26-19-10-2-1-9-18(19)24(30)28-22/h1-5,7-12,15H,6,13-14H2,(H,27,29)(H,26,28,30). The summed E-state index contributed by atoms with van der Waals surface area (Å²) in [4.78, 5) is 31.8. The van der Waals surface area contributed by atoms with Crippen molar-refractivity contribution in [3.8, 4) is 11.5 Å². The van der Waals surface area contributed by atoms with Crippen molar-refractivity contribution in [1.82, 2.24) is 9.97 Å². The molecule has 1 aromatic heterocycles. The Bertz CT molecular complexity index is 1290. The fourth-order valence-corrected chi connectivity index (χ4v) is 3.20. The topological polar surface area (TPSA) is 84.1 Å². The van der Waals surface area contributed by atoms with Crippen LogP contribution in [0, 0.1) is 5.82 Å². The number of carbonyl (C=O) groups is 1. The van der Waals surface area contributed by atoms with Gasteiger partial charge in [-0.3, -0.25) is 9.59 Å². The molecule has 6 nitrogen and oxygen atoms in total. The second-order valence-electron chi connectivity index (χ2n) is 6.99. The maximum Gasteiger partial charge on any atom is 0.258 e. The summed E-state index contributed by atoms with van der Waals surface area (Å²) in [7, 11) is 0. The van der Waals surface area contributed by atoms with Gasteiger partial charge in [0.25, 0.3) is 5.56 Å². The number of fused-ring (bicyclic) bond motifs is 1. The van der Waals surface area contributed by atoms with Gasteiger partial charge in [0.1, 0.15) is 17.4 Å². The average Bonchev–Trinajstić information content (AvgIpc) is 2.75. The van der Waals surface area contributed by atoms with Crippen LogP contribution in [0.25, 0.3) is 10.9 Å². The number of benzene rings is 3. The van der Waals surface area contributed by atoms with Crippen LogP contribution >= 0.6 is 0 Å². The summed E-state index contributed by atoms with van der Waals surface area (Å²) in [6, 6.07) is 19.9. The molecule has 3 aromatic carbocycles. The SMILES string of the molecule is O=C(CCCc1nc2ccccc2c(=O)[nH]1)Nc1ccccc1Oc1cccc(F)c1. The normalized spacial score (nSPS) is 10.7. The Morgan fingerprint density at radius 2 is 1.84 bits per heavy atom. The molecule has 0 unspecified atom stereocenters. The second-order valence-corrected chi connectivity index (χ2v) is 6.99. The lowest BCUT2D eigenvalue weighted by molar-refractivity contribution is -0.116. The molecule has 0 saturated carbocycles. The van der Waals surface area contributed by atoms with Crippen molar-refractivity contribution in [2.75, 3.05) is 5.32 Å². The second kappa shape index (κ2) is 9.21. The van der Waals surface area contributed by atoms with Gasteiger partial charge in [0.05, 0.1) is 16.6 Å². The third-order valence-corrected chi connectivity index (χ3v) is 4.66. The molecular formula is C24H20FN3O3. The summed E-state index contributed by atoms with van der Waals surface area (Å²) in [6.07, 6.45) is 1.22. The average molecular weight is 417 g/mol. The van der Waals surface area contributed by atoms with E-state index in [4.69, 9.17) is 4.74 Å². The molecule has 0 spiro atoms. The van der Waals surface area contributed by atoms with Crippen molar-refractivity contribution >= 4 is 22.5 Å². The first-order valence-corrected chi connectivity index (χ1v) is 9.89. The fraction of sp³-hybridized carbons (Fsp3) is 0.125. The highest BCUT2D eigenvalue weighted by Gasteiger charge is 2.10. The molecule has 2 N–H and O–H groups in total.